The SMILES string of the molecule is CC(=O)N(C)n1cc(C(=O)[O-])c(=O)c2cc(F)c(F)c(O)c21.[Na+]. The summed E-state index contributed by atoms with van der Waals surface area (Å²) in [7, 11) is 1.19. The van der Waals surface area contributed by atoms with Gasteiger partial charge in [0.2, 0.25) is 11.7 Å². The molecule has 0 aliphatic rings. The summed E-state index contributed by atoms with van der Waals surface area (Å²) in [5.41, 5.74) is -2.57. The Hall–Kier alpha value is -1.97. The minimum absolute atomic E-state index is 0. The summed E-state index contributed by atoms with van der Waals surface area (Å²) in [6.45, 7) is 1.11. The number of carboxylic acids is 1. The summed E-state index contributed by atoms with van der Waals surface area (Å²) in [4.78, 5) is 34.4. The van der Waals surface area contributed by atoms with E-state index in [1.807, 2.05) is 0 Å². The minimum Gasteiger partial charge on any atom is -0.545 e. The summed E-state index contributed by atoms with van der Waals surface area (Å²) in [6.07, 6.45) is 0.693. The van der Waals surface area contributed by atoms with Crippen LogP contribution >= 0.6 is 0 Å². The molecule has 0 fully saturated rings. The zero-order valence-corrected chi connectivity index (χ0v) is 14.4. The molecule has 1 aromatic heterocycles. The number of hydrogen-bond donors (Lipinski definition) is 1. The largest absolute Gasteiger partial charge is 1.00 e. The zero-order valence-electron chi connectivity index (χ0n) is 12.4. The van der Waals surface area contributed by atoms with E-state index in [4.69, 9.17) is 0 Å². The van der Waals surface area contributed by atoms with E-state index >= 15 is 0 Å². The Morgan fingerprint density at radius 2 is 1.91 bits per heavy atom. The number of phenols is 1. The minimum atomic E-state index is -1.86. The van der Waals surface area contributed by atoms with Crippen molar-refractivity contribution in [2.75, 3.05) is 12.1 Å². The van der Waals surface area contributed by atoms with Gasteiger partial charge in [-0.3, -0.25) is 19.3 Å². The van der Waals surface area contributed by atoms with Gasteiger partial charge in [-0.2, -0.15) is 4.39 Å². The van der Waals surface area contributed by atoms with Gasteiger partial charge in [0.1, 0.15) is 5.52 Å². The van der Waals surface area contributed by atoms with Crippen molar-refractivity contribution in [2.24, 2.45) is 0 Å². The number of benzene rings is 1. The van der Waals surface area contributed by atoms with Crippen LogP contribution in [0.4, 0.5) is 8.78 Å². The van der Waals surface area contributed by atoms with Crippen molar-refractivity contribution in [3.8, 4) is 5.75 Å². The Morgan fingerprint density at radius 3 is 2.39 bits per heavy atom. The molecular weight excluding hydrogens is 325 g/mol. The van der Waals surface area contributed by atoms with Gasteiger partial charge in [0, 0.05) is 20.2 Å². The first kappa shape index (κ1) is 19.1. The van der Waals surface area contributed by atoms with Gasteiger partial charge in [-0.05, 0) is 6.07 Å². The number of carboxylic acid groups (broad SMARTS) is 1. The first-order chi connectivity index (χ1) is 10.2. The number of nitrogens with zero attached hydrogens (tertiary/aromatic N) is 2. The van der Waals surface area contributed by atoms with Crippen molar-refractivity contribution in [2.45, 2.75) is 6.92 Å². The zero-order chi connectivity index (χ0) is 16.8. The fraction of sp³-hybridized carbons (Fsp3) is 0.154. The van der Waals surface area contributed by atoms with Crippen LogP contribution in [0, 0.1) is 11.6 Å². The molecule has 0 aliphatic carbocycles. The van der Waals surface area contributed by atoms with Crippen molar-refractivity contribution in [1.29, 1.82) is 0 Å². The average Bonchev–Trinajstić information content (AvgIpc) is 2.44. The van der Waals surface area contributed by atoms with E-state index in [-0.39, 0.29) is 29.6 Å². The van der Waals surface area contributed by atoms with Gasteiger partial charge < -0.3 is 15.0 Å². The quantitative estimate of drug-likeness (QED) is 0.574. The molecule has 116 valence electrons. The molecule has 0 radical (unpaired) electrons. The van der Waals surface area contributed by atoms with Gasteiger partial charge in [-0.1, -0.05) is 0 Å². The summed E-state index contributed by atoms with van der Waals surface area (Å²) < 4.78 is 27.6. The molecule has 0 bridgehead atoms. The van der Waals surface area contributed by atoms with Crippen LogP contribution in [0.15, 0.2) is 17.1 Å². The number of aromatic hydroxyl groups is 1. The molecule has 0 spiro atoms. The Morgan fingerprint density at radius 1 is 1.35 bits per heavy atom. The van der Waals surface area contributed by atoms with Crippen molar-refractivity contribution in [3.05, 3.63) is 39.7 Å². The summed E-state index contributed by atoms with van der Waals surface area (Å²) in [5.74, 6) is -6.85. The maximum atomic E-state index is 13.5. The van der Waals surface area contributed by atoms with Crippen LogP contribution in [0.25, 0.3) is 10.9 Å². The molecule has 0 aliphatic heterocycles. The number of carbonyl (C=O) groups is 2. The van der Waals surface area contributed by atoms with E-state index in [0.717, 1.165) is 16.6 Å². The van der Waals surface area contributed by atoms with Gasteiger partial charge in [0.15, 0.2) is 17.0 Å². The molecule has 0 saturated carbocycles. The second-order valence-electron chi connectivity index (χ2n) is 4.46. The topological polar surface area (TPSA) is 103 Å². The van der Waals surface area contributed by atoms with E-state index in [1.165, 1.54) is 7.05 Å². The molecule has 10 heteroatoms. The third-order valence-electron chi connectivity index (χ3n) is 3.14. The van der Waals surface area contributed by atoms with Crippen LogP contribution in [-0.4, -0.2) is 28.7 Å². The standard InChI is InChI=1S/C13H10F2N2O5.Na/c1-5(18)16(2)17-4-7(13(21)22)11(19)6-3-8(14)9(15)12(20)10(6)17;/h3-4,20H,1-2H3,(H,21,22);/q;+1/p-1. The Bertz CT molecular complexity index is 881. The predicted octanol–water partition coefficient (Wildman–Crippen LogP) is -3.53. The van der Waals surface area contributed by atoms with Crippen LogP contribution in [0.5, 0.6) is 5.75 Å². The number of aromatic carboxylic acids is 1. The monoisotopic (exact) mass is 334 g/mol. The second kappa shape index (κ2) is 6.65. The Kier molecular flexibility index (Phi) is 5.51. The number of pyridine rings is 1. The van der Waals surface area contributed by atoms with E-state index in [9.17, 15) is 33.4 Å². The van der Waals surface area contributed by atoms with E-state index in [0.29, 0.717) is 12.3 Å². The number of halogens is 2. The van der Waals surface area contributed by atoms with Gasteiger partial charge in [0.05, 0.1) is 16.9 Å². The van der Waals surface area contributed by atoms with Crippen molar-refractivity contribution < 1.29 is 58.1 Å². The maximum Gasteiger partial charge on any atom is 1.00 e. The molecule has 1 aromatic carbocycles. The number of phenolic OH excluding ortho intramolecular Hbond substituents is 1. The Balaban J connectivity index is 0.00000264. The van der Waals surface area contributed by atoms with Crippen LogP contribution in [0.2, 0.25) is 0 Å². The van der Waals surface area contributed by atoms with Gasteiger partial charge in [-0.15, -0.1) is 0 Å². The van der Waals surface area contributed by atoms with Crippen molar-refractivity contribution >= 4 is 22.8 Å². The second-order valence-corrected chi connectivity index (χ2v) is 4.46. The van der Waals surface area contributed by atoms with Gasteiger partial charge >= 0.3 is 29.6 Å². The number of rotatable bonds is 2. The average molecular weight is 334 g/mol. The summed E-state index contributed by atoms with van der Waals surface area (Å²) in [5, 5.41) is 20.9. The number of hydrogen-bond acceptors (Lipinski definition) is 5. The number of fused-ring (bicyclic) bond motifs is 1. The fourth-order valence-electron chi connectivity index (χ4n) is 1.93. The van der Waals surface area contributed by atoms with E-state index < -0.39 is 51.2 Å². The number of amides is 1. The van der Waals surface area contributed by atoms with Gasteiger partial charge in [0.25, 0.3) is 0 Å². The van der Waals surface area contributed by atoms with Crippen LogP contribution in [0.1, 0.15) is 17.3 Å². The first-order valence-corrected chi connectivity index (χ1v) is 5.89. The molecule has 1 N–H and O–H groups in total. The molecule has 0 unspecified atom stereocenters. The fourth-order valence-corrected chi connectivity index (χ4v) is 1.93. The molecule has 0 atom stereocenters. The molecule has 2 aromatic rings. The van der Waals surface area contributed by atoms with Crippen LogP contribution in [-0.2, 0) is 4.79 Å². The molecule has 2 rings (SSSR count). The summed E-state index contributed by atoms with van der Waals surface area (Å²) >= 11 is 0. The van der Waals surface area contributed by atoms with Crippen LogP contribution in [0.3, 0.4) is 0 Å². The van der Waals surface area contributed by atoms with E-state index in [1.54, 1.807) is 0 Å². The van der Waals surface area contributed by atoms with Crippen molar-refractivity contribution in [1.82, 2.24) is 4.68 Å². The normalized spacial score (nSPS) is 10.3. The third-order valence-corrected chi connectivity index (χ3v) is 3.14. The molecular formula is C13H9F2N2NaO5. The first-order valence-electron chi connectivity index (χ1n) is 5.89. The number of aromatic nitrogens is 1. The molecule has 23 heavy (non-hydrogen) atoms. The van der Waals surface area contributed by atoms with Crippen LogP contribution < -0.4 is 45.1 Å². The Labute approximate surface area is 150 Å². The summed E-state index contributed by atoms with van der Waals surface area (Å²) in [6, 6.07) is 0.448. The van der Waals surface area contributed by atoms with Crippen molar-refractivity contribution in [3.63, 3.8) is 0 Å². The van der Waals surface area contributed by atoms with E-state index in [2.05, 4.69) is 0 Å². The molecule has 1 heterocycles. The maximum absolute atomic E-state index is 13.5. The predicted molar refractivity (Wildman–Crippen MR) is 68.9 cm³/mol. The third kappa shape index (κ3) is 3.07. The molecule has 7 nitrogen and oxygen atoms in total. The molecule has 0 saturated heterocycles. The smallest absolute Gasteiger partial charge is 0.545 e. The van der Waals surface area contributed by atoms with Gasteiger partial charge in [-0.25, -0.2) is 4.39 Å². The molecule has 1 amide bonds. The number of carbonyl (C=O) groups excluding carboxylic acids is 2.